The lowest BCUT2D eigenvalue weighted by molar-refractivity contribution is -0.119. The van der Waals surface area contributed by atoms with Crippen LogP contribution in [0.2, 0.25) is 0 Å². The van der Waals surface area contributed by atoms with Crippen molar-refractivity contribution in [1.29, 1.82) is 0 Å². The molecule has 3 heterocycles. The van der Waals surface area contributed by atoms with Crippen molar-refractivity contribution >= 4 is 23.3 Å². The number of amides is 2. The first-order chi connectivity index (χ1) is 13.6. The van der Waals surface area contributed by atoms with Gasteiger partial charge in [0.25, 0.3) is 11.7 Å². The summed E-state index contributed by atoms with van der Waals surface area (Å²) < 4.78 is 6.64. The van der Waals surface area contributed by atoms with Crippen LogP contribution < -0.4 is 10.1 Å². The number of carbonyl (C=O) groups is 2. The average Bonchev–Trinajstić information content (AvgIpc) is 3.36. The molecule has 28 heavy (non-hydrogen) atoms. The number of nitrogens with one attached hydrogen (secondary N) is 1. The summed E-state index contributed by atoms with van der Waals surface area (Å²) in [5.74, 6) is 0.525. The van der Waals surface area contributed by atoms with E-state index in [1.807, 2.05) is 6.92 Å². The van der Waals surface area contributed by atoms with Crippen LogP contribution in [-0.4, -0.2) is 56.0 Å². The Kier molecular flexibility index (Phi) is 4.64. The maximum atomic E-state index is 12.9. The van der Waals surface area contributed by atoms with Crippen LogP contribution in [0.5, 0.6) is 5.75 Å². The highest BCUT2D eigenvalue weighted by atomic mass is 16.5. The minimum Gasteiger partial charge on any atom is -0.497 e. The minimum absolute atomic E-state index is 0.0472. The highest BCUT2D eigenvalue weighted by molar-refractivity contribution is 6.00. The number of methoxy groups -OCH3 is 1. The second kappa shape index (κ2) is 7.26. The number of fused-ring (bicyclic) bond motifs is 1. The maximum Gasteiger partial charge on any atom is 0.294 e. The van der Waals surface area contributed by atoms with Crippen molar-refractivity contribution in [2.75, 3.05) is 19.0 Å². The summed E-state index contributed by atoms with van der Waals surface area (Å²) in [5.41, 5.74) is 1.47. The molecule has 0 spiro atoms. The zero-order valence-corrected chi connectivity index (χ0v) is 15.6. The molecule has 0 aliphatic carbocycles. The molecular formula is C19H20N6O3. The first-order valence-electron chi connectivity index (χ1n) is 9.01. The standard InChI is InChI=1S/C19H20N6O3/c1-12-9-10-20-19-22-16(23-25(12)19)18(27)24-11-3-4-15(24)17(26)21-13-5-7-14(28-2)8-6-13/h5-10,15H,3-4,11H2,1-2H3,(H,21,26). The fourth-order valence-corrected chi connectivity index (χ4v) is 3.31. The predicted molar refractivity (Wildman–Crippen MR) is 101 cm³/mol. The van der Waals surface area contributed by atoms with Crippen LogP contribution in [-0.2, 0) is 4.79 Å². The largest absolute Gasteiger partial charge is 0.497 e. The van der Waals surface area contributed by atoms with Gasteiger partial charge in [-0.1, -0.05) is 0 Å². The molecule has 0 saturated carbocycles. The van der Waals surface area contributed by atoms with Crippen molar-refractivity contribution in [3.05, 3.63) is 48.0 Å². The van der Waals surface area contributed by atoms with E-state index in [0.29, 0.717) is 30.2 Å². The van der Waals surface area contributed by atoms with E-state index in [0.717, 1.165) is 12.1 Å². The molecule has 0 radical (unpaired) electrons. The third-order valence-electron chi connectivity index (χ3n) is 4.80. The maximum absolute atomic E-state index is 12.9. The smallest absolute Gasteiger partial charge is 0.294 e. The highest BCUT2D eigenvalue weighted by Gasteiger charge is 2.36. The third-order valence-corrected chi connectivity index (χ3v) is 4.80. The van der Waals surface area contributed by atoms with Crippen LogP contribution in [0.1, 0.15) is 29.2 Å². The normalized spacial score (nSPS) is 16.4. The summed E-state index contributed by atoms with van der Waals surface area (Å²) in [6, 6.07) is 8.28. The molecule has 0 bridgehead atoms. The Hall–Kier alpha value is -3.49. The van der Waals surface area contributed by atoms with Gasteiger partial charge in [-0.3, -0.25) is 9.59 Å². The van der Waals surface area contributed by atoms with Gasteiger partial charge in [0.05, 0.1) is 7.11 Å². The Morgan fingerprint density at radius 1 is 1.21 bits per heavy atom. The zero-order chi connectivity index (χ0) is 19.7. The second-order valence-electron chi connectivity index (χ2n) is 6.61. The van der Waals surface area contributed by atoms with Crippen LogP contribution in [0.4, 0.5) is 5.69 Å². The Morgan fingerprint density at radius 2 is 2.00 bits per heavy atom. The topological polar surface area (TPSA) is 102 Å². The van der Waals surface area contributed by atoms with Gasteiger partial charge in [0.1, 0.15) is 11.8 Å². The number of hydrogen-bond donors (Lipinski definition) is 1. The Balaban J connectivity index is 1.52. The molecule has 1 saturated heterocycles. The number of carbonyl (C=O) groups excluding carboxylic acids is 2. The SMILES string of the molecule is COc1ccc(NC(=O)C2CCCN2C(=O)c2nc3nccc(C)n3n2)cc1. The Labute approximate surface area is 161 Å². The Morgan fingerprint density at radius 3 is 2.71 bits per heavy atom. The molecule has 2 amide bonds. The number of anilines is 1. The molecule has 9 heteroatoms. The fourth-order valence-electron chi connectivity index (χ4n) is 3.31. The number of ether oxygens (including phenoxy) is 1. The molecule has 1 unspecified atom stereocenters. The van der Waals surface area contributed by atoms with Crippen molar-refractivity contribution in [2.45, 2.75) is 25.8 Å². The first-order valence-corrected chi connectivity index (χ1v) is 9.01. The molecule has 2 aromatic heterocycles. The number of benzene rings is 1. The summed E-state index contributed by atoms with van der Waals surface area (Å²) in [6.07, 6.45) is 2.96. The van der Waals surface area contributed by atoms with E-state index in [1.54, 1.807) is 43.6 Å². The van der Waals surface area contributed by atoms with Crippen molar-refractivity contribution in [3.8, 4) is 5.75 Å². The van der Waals surface area contributed by atoms with Crippen LogP contribution in [0, 0.1) is 6.92 Å². The molecule has 4 rings (SSSR count). The summed E-state index contributed by atoms with van der Waals surface area (Å²) in [4.78, 5) is 35.6. The monoisotopic (exact) mass is 380 g/mol. The lowest BCUT2D eigenvalue weighted by Gasteiger charge is -2.22. The molecule has 144 valence electrons. The van der Waals surface area contributed by atoms with E-state index in [1.165, 1.54) is 9.42 Å². The minimum atomic E-state index is -0.560. The molecule has 1 aliphatic heterocycles. The van der Waals surface area contributed by atoms with E-state index in [2.05, 4.69) is 20.4 Å². The number of aryl methyl sites for hydroxylation is 1. The number of likely N-dealkylation sites (tertiary alicyclic amines) is 1. The van der Waals surface area contributed by atoms with E-state index in [9.17, 15) is 9.59 Å². The van der Waals surface area contributed by atoms with Gasteiger partial charge in [-0.05, 0) is 50.1 Å². The van der Waals surface area contributed by atoms with Crippen molar-refractivity contribution in [2.24, 2.45) is 0 Å². The van der Waals surface area contributed by atoms with Gasteiger partial charge in [-0.15, -0.1) is 5.10 Å². The van der Waals surface area contributed by atoms with E-state index in [4.69, 9.17) is 4.74 Å². The van der Waals surface area contributed by atoms with Gasteiger partial charge >= 0.3 is 0 Å². The van der Waals surface area contributed by atoms with Gasteiger partial charge in [0, 0.05) is 24.1 Å². The van der Waals surface area contributed by atoms with Crippen LogP contribution in [0.3, 0.4) is 0 Å². The quantitative estimate of drug-likeness (QED) is 0.739. The van der Waals surface area contributed by atoms with Crippen molar-refractivity contribution in [1.82, 2.24) is 24.5 Å². The van der Waals surface area contributed by atoms with E-state index < -0.39 is 6.04 Å². The molecule has 1 aliphatic rings. The fraction of sp³-hybridized carbons (Fsp3) is 0.316. The number of aromatic nitrogens is 4. The molecule has 1 aromatic carbocycles. The molecule has 9 nitrogen and oxygen atoms in total. The number of rotatable bonds is 4. The molecular weight excluding hydrogens is 360 g/mol. The second-order valence-corrected chi connectivity index (χ2v) is 6.61. The van der Waals surface area contributed by atoms with Gasteiger partial charge in [0.2, 0.25) is 11.7 Å². The molecule has 1 fully saturated rings. The summed E-state index contributed by atoms with van der Waals surface area (Å²) >= 11 is 0. The van der Waals surface area contributed by atoms with Crippen LogP contribution in [0.15, 0.2) is 36.5 Å². The molecule has 1 atom stereocenters. The van der Waals surface area contributed by atoms with Gasteiger partial charge in [-0.25, -0.2) is 9.50 Å². The zero-order valence-electron chi connectivity index (χ0n) is 15.6. The highest BCUT2D eigenvalue weighted by Crippen LogP contribution is 2.22. The van der Waals surface area contributed by atoms with E-state index >= 15 is 0 Å². The summed E-state index contributed by atoms with van der Waals surface area (Å²) in [7, 11) is 1.58. The molecule has 3 aromatic rings. The average molecular weight is 380 g/mol. The van der Waals surface area contributed by atoms with Gasteiger partial charge in [0.15, 0.2) is 0 Å². The Bertz CT molecular complexity index is 1030. The first kappa shape index (κ1) is 17.9. The predicted octanol–water partition coefficient (Wildman–Crippen LogP) is 1.68. The van der Waals surface area contributed by atoms with Crippen LogP contribution in [0.25, 0.3) is 5.78 Å². The van der Waals surface area contributed by atoms with Gasteiger partial charge < -0.3 is 15.0 Å². The number of nitrogens with zero attached hydrogens (tertiary/aromatic N) is 5. The van der Waals surface area contributed by atoms with Crippen LogP contribution >= 0.6 is 0 Å². The van der Waals surface area contributed by atoms with Crippen molar-refractivity contribution < 1.29 is 14.3 Å². The van der Waals surface area contributed by atoms with E-state index in [-0.39, 0.29) is 17.6 Å². The molecule has 1 N–H and O–H groups in total. The summed E-state index contributed by atoms with van der Waals surface area (Å²) in [6.45, 7) is 2.35. The van der Waals surface area contributed by atoms with Gasteiger partial charge in [-0.2, -0.15) is 4.98 Å². The summed E-state index contributed by atoms with van der Waals surface area (Å²) in [5, 5.41) is 7.12. The lowest BCUT2D eigenvalue weighted by atomic mass is 10.2. The number of hydrogen-bond acceptors (Lipinski definition) is 6. The lowest BCUT2D eigenvalue weighted by Crippen LogP contribution is -2.43. The van der Waals surface area contributed by atoms with Crippen molar-refractivity contribution in [3.63, 3.8) is 0 Å². The third kappa shape index (κ3) is 3.26.